The van der Waals surface area contributed by atoms with E-state index in [0.717, 1.165) is 12.3 Å². The maximum atomic E-state index is 12.7. The molecule has 1 unspecified atom stereocenters. The quantitative estimate of drug-likeness (QED) is 0.210. The molecule has 7 nitrogen and oxygen atoms in total. The predicted octanol–water partition coefficient (Wildman–Crippen LogP) is 6.72. The normalized spacial score (nSPS) is 12.6. The molecule has 0 amide bonds. The van der Waals surface area contributed by atoms with Crippen LogP contribution in [0.2, 0.25) is 0 Å². The van der Waals surface area contributed by atoms with Crippen LogP contribution in [0.5, 0.6) is 5.75 Å². The Hall–Kier alpha value is -4.20. The number of alkyl halides is 6. The van der Waals surface area contributed by atoms with Crippen LogP contribution in [-0.4, -0.2) is 31.3 Å². The van der Waals surface area contributed by atoms with Crippen molar-refractivity contribution in [3.63, 3.8) is 0 Å². The molecule has 4 aromatic rings. The smallest absolute Gasteiger partial charge is 0.463 e. The number of hydrogen-bond acceptors (Lipinski definition) is 6. The van der Waals surface area contributed by atoms with Gasteiger partial charge in [-0.1, -0.05) is 6.07 Å². The summed E-state index contributed by atoms with van der Waals surface area (Å²) >= 11 is 5.19. The van der Waals surface area contributed by atoms with Gasteiger partial charge in [0.2, 0.25) is 0 Å². The van der Waals surface area contributed by atoms with E-state index in [0.29, 0.717) is 28.3 Å². The second-order valence-electron chi connectivity index (χ2n) is 7.78. The average Bonchev–Trinajstić information content (AvgIpc) is 3.34. The molecule has 4 rings (SSSR count). The summed E-state index contributed by atoms with van der Waals surface area (Å²) in [4.78, 5) is 7.63. The van der Waals surface area contributed by atoms with Crippen molar-refractivity contribution in [1.82, 2.24) is 19.7 Å². The summed E-state index contributed by atoms with van der Waals surface area (Å²) in [5, 5.41) is 7.22. The lowest BCUT2D eigenvalue weighted by Gasteiger charge is -2.17. The number of anilines is 1. The van der Waals surface area contributed by atoms with Gasteiger partial charge in [0.25, 0.3) is 5.17 Å². The fourth-order valence-corrected chi connectivity index (χ4v) is 3.47. The largest absolute Gasteiger partial charge is 0.573 e. The molecule has 2 aromatic carbocycles. The average molecular weight is 553 g/mol. The number of ether oxygens (including phenoxy) is 2. The summed E-state index contributed by atoms with van der Waals surface area (Å²) in [7, 11) is 0. The third-order valence-corrected chi connectivity index (χ3v) is 5.24. The van der Waals surface area contributed by atoms with Crippen molar-refractivity contribution in [3.8, 4) is 22.8 Å². The van der Waals surface area contributed by atoms with Crippen LogP contribution < -0.4 is 10.1 Å². The van der Waals surface area contributed by atoms with E-state index in [2.05, 4.69) is 25.1 Å². The molecule has 0 aliphatic carbocycles. The molecule has 38 heavy (non-hydrogen) atoms. The highest BCUT2D eigenvalue weighted by Crippen LogP contribution is 2.29. The van der Waals surface area contributed by atoms with E-state index in [1.807, 2.05) is 0 Å². The SMILES string of the molecule is CC(OC(=S)Nc1ccc(-c2ncn(-c3ccc(OC(F)(F)F)cc3)n2)cc1)c1ccc(C(F)(F)F)nc1. The molecule has 0 radical (unpaired) electrons. The molecule has 0 spiro atoms. The molecule has 0 aliphatic rings. The van der Waals surface area contributed by atoms with Gasteiger partial charge in [-0.15, -0.1) is 18.3 Å². The van der Waals surface area contributed by atoms with E-state index in [4.69, 9.17) is 17.0 Å². The highest BCUT2D eigenvalue weighted by Gasteiger charge is 2.32. The van der Waals surface area contributed by atoms with E-state index in [1.54, 1.807) is 31.2 Å². The third-order valence-electron chi connectivity index (χ3n) is 5.05. The molecule has 198 valence electrons. The monoisotopic (exact) mass is 553 g/mol. The maximum Gasteiger partial charge on any atom is 0.573 e. The molecule has 0 aliphatic heterocycles. The summed E-state index contributed by atoms with van der Waals surface area (Å²) < 4.78 is 85.8. The Balaban J connectivity index is 1.35. The van der Waals surface area contributed by atoms with Gasteiger partial charge in [-0.2, -0.15) is 13.2 Å². The summed E-state index contributed by atoms with van der Waals surface area (Å²) in [5.41, 5.74) is 1.14. The van der Waals surface area contributed by atoms with Gasteiger partial charge in [0.1, 0.15) is 23.9 Å². The Labute approximate surface area is 217 Å². The fourth-order valence-electron chi connectivity index (χ4n) is 3.21. The van der Waals surface area contributed by atoms with Crippen molar-refractivity contribution in [2.45, 2.75) is 25.6 Å². The molecule has 0 bridgehead atoms. The summed E-state index contributed by atoms with van der Waals surface area (Å²) in [6.07, 6.45) is -7.45. The molecular formula is C24H17F6N5O2S. The van der Waals surface area contributed by atoms with E-state index >= 15 is 0 Å². The summed E-state index contributed by atoms with van der Waals surface area (Å²) in [6, 6.07) is 14.1. The molecule has 0 saturated heterocycles. The van der Waals surface area contributed by atoms with Crippen molar-refractivity contribution < 1.29 is 35.8 Å². The standard InChI is InChI=1S/C24H17F6N5O2S/c1-14(16-4-11-20(31-12-16)23(25,26)27)36-22(38)33-17-5-2-15(3-6-17)21-32-13-35(34-21)18-7-9-19(10-8-18)37-24(28,29)30/h2-14H,1H3,(H,33,38). The van der Waals surface area contributed by atoms with Gasteiger partial charge in [0, 0.05) is 23.0 Å². The number of thiocarbonyl (C=S) groups is 1. The zero-order chi connectivity index (χ0) is 27.5. The number of aromatic nitrogens is 4. The Morgan fingerprint density at radius 1 is 0.921 bits per heavy atom. The Morgan fingerprint density at radius 3 is 2.18 bits per heavy atom. The lowest BCUT2D eigenvalue weighted by atomic mass is 10.2. The first-order valence-corrected chi connectivity index (χ1v) is 11.2. The van der Waals surface area contributed by atoms with E-state index in [-0.39, 0.29) is 10.9 Å². The second kappa shape index (κ2) is 10.7. The van der Waals surface area contributed by atoms with Crippen LogP contribution in [0.4, 0.5) is 32.0 Å². The lowest BCUT2D eigenvalue weighted by molar-refractivity contribution is -0.274. The first kappa shape index (κ1) is 26.9. The fraction of sp³-hybridized carbons (Fsp3) is 0.167. The van der Waals surface area contributed by atoms with Crippen LogP contribution in [0.1, 0.15) is 24.3 Å². The number of halogens is 6. The van der Waals surface area contributed by atoms with Gasteiger partial charge in [0.15, 0.2) is 5.82 Å². The molecule has 14 heteroatoms. The van der Waals surface area contributed by atoms with Crippen LogP contribution in [0, 0.1) is 0 Å². The number of hydrogen-bond donors (Lipinski definition) is 1. The number of nitrogens with zero attached hydrogens (tertiary/aromatic N) is 4. The van der Waals surface area contributed by atoms with Crippen LogP contribution in [-0.2, 0) is 10.9 Å². The Bertz CT molecular complexity index is 1390. The lowest BCUT2D eigenvalue weighted by Crippen LogP contribution is -2.17. The predicted molar refractivity (Wildman–Crippen MR) is 128 cm³/mol. The first-order chi connectivity index (χ1) is 17.9. The van der Waals surface area contributed by atoms with Crippen molar-refractivity contribution in [3.05, 3.63) is 84.4 Å². The zero-order valence-electron chi connectivity index (χ0n) is 19.3. The Kier molecular flexibility index (Phi) is 7.53. The highest BCUT2D eigenvalue weighted by molar-refractivity contribution is 7.80. The summed E-state index contributed by atoms with van der Waals surface area (Å²) in [6.45, 7) is 1.63. The molecular weight excluding hydrogens is 536 g/mol. The van der Waals surface area contributed by atoms with Crippen LogP contribution in [0.3, 0.4) is 0 Å². The number of benzene rings is 2. The van der Waals surface area contributed by atoms with Gasteiger partial charge in [-0.05, 0) is 73.7 Å². The molecule has 2 heterocycles. The molecule has 0 fully saturated rings. The second-order valence-corrected chi connectivity index (χ2v) is 8.15. The molecule has 0 saturated carbocycles. The Morgan fingerprint density at radius 2 is 1.61 bits per heavy atom. The van der Waals surface area contributed by atoms with Crippen LogP contribution in [0.15, 0.2) is 73.2 Å². The van der Waals surface area contributed by atoms with Crippen molar-refractivity contribution >= 4 is 23.1 Å². The van der Waals surface area contributed by atoms with Gasteiger partial charge >= 0.3 is 12.5 Å². The maximum absolute atomic E-state index is 12.7. The topological polar surface area (TPSA) is 74.1 Å². The minimum absolute atomic E-state index is 0.00509. The van der Waals surface area contributed by atoms with Crippen molar-refractivity contribution in [1.29, 1.82) is 0 Å². The summed E-state index contributed by atoms with van der Waals surface area (Å²) in [5.74, 6) is 0.0198. The minimum atomic E-state index is -4.78. The number of rotatable bonds is 6. The van der Waals surface area contributed by atoms with Crippen LogP contribution in [0.25, 0.3) is 17.1 Å². The van der Waals surface area contributed by atoms with Gasteiger partial charge < -0.3 is 14.8 Å². The third kappa shape index (κ3) is 6.97. The number of pyridine rings is 1. The molecule has 1 N–H and O–H groups in total. The van der Waals surface area contributed by atoms with E-state index < -0.39 is 24.3 Å². The molecule has 1 atom stereocenters. The van der Waals surface area contributed by atoms with E-state index in [9.17, 15) is 26.3 Å². The highest BCUT2D eigenvalue weighted by atomic mass is 32.1. The minimum Gasteiger partial charge on any atom is -0.463 e. The van der Waals surface area contributed by atoms with Crippen molar-refractivity contribution in [2.24, 2.45) is 0 Å². The number of nitrogens with one attached hydrogen (secondary N) is 1. The van der Waals surface area contributed by atoms with Crippen molar-refractivity contribution in [2.75, 3.05) is 5.32 Å². The molecule has 2 aromatic heterocycles. The van der Waals surface area contributed by atoms with Gasteiger partial charge in [-0.25, -0.2) is 9.67 Å². The van der Waals surface area contributed by atoms with Gasteiger partial charge in [0.05, 0.1) is 5.69 Å². The zero-order valence-corrected chi connectivity index (χ0v) is 20.1. The van der Waals surface area contributed by atoms with Crippen LogP contribution >= 0.6 is 12.2 Å². The van der Waals surface area contributed by atoms with E-state index in [1.165, 1.54) is 41.3 Å². The van der Waals surface area contributed by atoms with Gasteiger partial charge in [-0.3, -0.25) is 4.98 Å². The first-order valence-electron chi connectivity index (χ1n) is 10.8.